The molecule has 3 nitrogen and oxygen atoms in total. The Morgan fingerprint density at radius 2 is 1.88 bits per heavy atom. The maximum absolute atomic E-state index is 13.3. The number of fused-ring (bicyclic) bond motifs is 4. The number of aromatic hydroxyl groups is 1. The van der Waals surface area contributed by atoms with Crippen molar-refractivity contribution < 1.29 is 9.90 Å². The SMILES string of the molecule is Cc1cccc(C(=O)N2CC[C@@]3(C)c4cccc(O)c4C[C@@H]2C3(C)C)c1. The minimum Gasteiger partial charge on any atom is -0.508 e. The number of benzene rings is 2. The summed E-state index contributed by atoms with van der Waals surface area (Å²) in [6.07, 6.45) is 1.62. The molecule has 2 aromatic rings. The summed E-state index contributed by atoms with van der Waals surface area (Å²) >= 11 is 0. The molecule has 1 N–H and O–H groups in total. The number of piperidine rings is 1. The Morgan fingerprint density at radius 1 is 1.15 bits per heavy atom. The van der Waals surface area contributed by atoms with E-state index in [1.165, 1.54) is 5.56 Å². The molecule has 1 amide bonds. The van der Waals surface area contributed by atoms with Crippen molar-refractivity contribution in [2.45, 2.75) is 52.0 Å². The Labute approximate surface area is 155 Å². The van der Waals surface area contributed by atoms with Crippen molar-refractivity contribution in [1.29, 1.82) is 0 Å². The van der Waals surface area contributed by atoms with Gasteiger partial charge < -0.3 is 10.0 Å². The Kier molecular flexibility index (Phi) is 3.69. The Bertz CT molecular complexity index is 886. The monoisotopic (exact) mass is 349 g/mol. The predicted molar refractivity (Wildman–Crippen MR) is 104 cm³/mol. The van der Waals surface area contributed by atoms with Gasteiger partial charge in [0.25, 0.3) is 5.91 Å². The van der Waals surface area contributed by atoms with E-state index in [2.05, 4.69) is 26.8 Å². The van der Waals surface area contributed by atoms with Crippen molar-refractivity contribution in [3.8, 4) is 5.75 Å². The molecular formula is C23H27NO2. The van der Waals surface area contributed by atoms with Crippen molar-refractivity contribution in [1.82, 2.24) is 4.90 Å². The molecule has 4 rings (SSSR count). The zero-order valence-electron chi connectivity index (χ0n) is 16.0. The summed E-state index contributed by atoms with van der Waals surface area (Å²) in [6.45, 7) is 9.63. The summed E-state index contributed by atoms with van der Waals surface area (Å²) < 4.78 is 0. The number of aryl methyl sites for hydroxylation is 1. The van der Waals surface area contributed by atoms with Gasteiger partial charge in [-0.15, -0.1) is 0 Å². The van der Waals surface area contributed by atoms with Crippen LogP contribution in [-0.2, 0) is 11.8 Å². The fourth-order valence-electron chi connectivity index (χ4n) is 5.11. The lowest BCUT2D eigenvalue weighted by molar-refractivity contribution is -0.0266. The fraction of sp³-hybridized carbons (Fsp3) is 0.435. The topological polar surface area (TPSA) is 40.5 Å². The first-order chi connectivity index (χ1) is 12.3. The van der Waals surface area contributed by atoms with Crippen molar-refractivity contribution in [2.24, 2.45) is 5.41 Å². The zero-order chi connectivity index (χ0) is 18.7. The molecule has 2 aromatic carbocycles. The average molecular weight is 349 g/mol. The molecule has 26 heavy (non-hydrogen) atoms. The first kappa shape index (κ1) is 17.1. The van der Waals surface area contributed by atoms with Gasteiger partial charge in [0.15, 0.2) is 0 Å². The standard InChI is InChI=1S/C23H27NO2/c1-15-7-5-8-16(13-15)21(26)24-12-11-23(4)18-9-6-10-19(25)17(18)14-20(24)22(23,2)3/h5-10,13,20,25H,11-12,14H2,1-4H3/t20-,23+/m1/s1. The normalized spacial score (nSPS) is 26.3. The number of amides is 1. The zero-order valence-corrected chi connectivity index (χ0v) is 16.0. The Balaban J connectivity index is 1.80. The Morgan fingerprint density at radius 3 is 2.62 bits per heavy atom. The number of hydrogen-bond donors (Lipinski definition) is 1. The van der Waals surface area contributed by atoms with Crippen molar-refractivity contribution >= 4 is 5.91 Å². The van der Waals surface area contributed by atoms with Gasteiger partial charge >= 0.3 is 0 Å². The van der Waals surface area contributed by atoms with Crippen LogP contribution in [0.1, 0.15) is 54.2 Å². The van der Waals surface area contributed by atoms with E-state index in [0.717, 1.165) is 29.7 Å². The van der Waals surface area contributed by atoms with Gasteiger partial charge in [-0.2, -0.15) is 0 Å². The van der Waals surface area contributed by atoms with E-state index in [9.17, 15) is 9.90 Å². The number of carbonyl (C=O) groups is 1. The molecule has 1 fully saturated rings. The maximum atomic E-state index is 13.3. The summed E-state index contributed by atoms with van der Waals surface area (Å²) in [5, 5.41) is 10.5. The van der Waals surface area contributed by atoms with Crippen LogP contribution >= 0.6 is 0 Å². The number of nitrogens with zero attached hydrogens (tertiary/aromatic N) is 1. The van der Waals surface area contributed by atoms with E-state index in [1.54, 1.807) is 6.07 Å². The molecule has 3 heteroatoms. The molecule has 2 atom stereocenters. The quantitative estimate of drug-likeness (QED) is 0.826. The number of hydrogen-bond acceptors (Lipinski definition) is 2. The van der Waals surface area contributed by atoms with Crippen molar-refractivity contribution in [2.75, 3.05) is 6.54 Å². The van der Waals surface area contributed by atoms with E-state index in [4.69, 9.17) is 0 Å². The van der Waals surface area contributed by atoms with Crippen LogP contribution in [0, 0.1) is 12.3 Å². The number of phenolic OH excluding ortho intramolecular Hbond substituents is 1. The molecule has 0 aromatic heterocycles. The number of likely N-dealkylation sites (tertiary alicyclic amines) is 1. The third-order valence-electron chi connectivity index (χ3n) is 7.15. The summed E-state index contributed by atoms with van der Waals surface area (Å²) in [6, 6.07) is 13.8. The summed E-state index contributed by atoms with van der Waals surface area (Å²) in [5.41, 5.74) is 4.01. The van der Waals surface area contributed by atoms with Crippen LogP contribution in [0.15, 0.2) is 42.5 Å². The summed E-state index contributed by atoms with van der Waals surface area (Å²) in [5.74, 6) is 0.465. The predicted octanol–water partition coefficient (Wildman–Crippen LogP) is 4.46. The lowest BCUT2D eigenvalue weighted by atomic mass is 9.51. The first-order valence-corrected chi connectivity index (χ1v) is 9.45. The van der Waals surface area contributed by atoms with Crippen molar-refractivity contribution in [3.63, 3.8) is 0 Å². The van der Waals surface area contributed by atoms with Crippen LogP contribution in [-0.4, -0.2) is 28.5 Å². The van der Waals surface area contributed by atoms with Crippen LogP contribution in [0.25, 0.3) is 0 Å². The molecule has 1 aliphatic carbocycles. The Hall–Kier alpha value is -2.29. The van der Waals surface area contributed by atoms with Crippen LogP contribution in [0.4, 0.5) is 0 Å². The van der Waals surface area contributed by atoms with Gasteiger partial charge in [0.05, 0.1) is 0 Å². The minimum absolute atomic E-state index is 0.0482. The van der Waals surface area contributed by atoms with Gasteiger partial charge in [0, 0.05) is 23.6 Å². The molecular weight excluding hydrogens is 322 g/mol. The van der Waals surface area contributed by atoms with E-state index >= 15 is 0 Å². The van der Waals surface area contributed by atoms with Crippen LogP contribution in [0.5, 0.6) is 5.75 Å². The molecule has 1 saturated heterocycles. The van der Waals surface area contributed by atoms with Crippen LogP contribution < -0.4 is 0 Å². The van der Waals surface area contributed by atoms with Gasteiger partial charge in [0.1, 0.15) is 5.75 Å². The largest absolute Gasteiger partial charge is 0.508 e. The maximum Gasteiger partial charge on any atom is 0.254 e. The highest BCUT2D eigenvalue weighted by Gasteiger charge is 2.57. The molecule has 0 spiro atoms. The van der Waals surface area contributed by atoms with Gasteiger partial charge in [0.2, 0.25) is 0 Å². The highest BCUT2D eigenvalue weighted by molar-refractivity contribution is 5.95. The third kappa shape index (κ3) is 2.22. The van der Waals surface area contributed by atoms with Crippen LogP contribution in [0.2, 0.25) is 0 Å². The van der Waals surface area contributed by atoms with Crippen LogP contribution in [0.3, 0.4) is 0 Å². The van der Waals surface area contributed by atoms with E-state index in [-0.39, 0.29) is 22.8 Å². The molecule has 1 heterocycles. The molecule has 1 aliphatic heterocycles. The first-order valence-electron chi connectivity index (χ1n) is 9.45. The van der Waals surface area contributed by atoms with Gasteiger partial charge in [-0.1, -0.05) is 50.6 Å². The van der Waals surface area contributed by atoms with Gasteiger partial charge in [-0.25, -0.2) is 0 Å². The summed E-state index contributed by atoms with van der Waals surface area (Å²) in [4.78, 5) is 15.4. The van der Waals surface area contributed by atoms with Crippen molar-refractivity contribution in [3.05, 3.63) is 64.7 Å². The lowest BCUT2D eigenvalue weighted by Gasteiger charge is -2.60. The second-order valence-electron chi connectivity index (χ2n) is 8.69. The smallest absolute Gasteiger partial charge is 0.254 e. The number of carbonyl (C=O) groups excluding carboxylic acids is 1. The minimum atomic E-state index is -0.0640. The number of phenols is 1. The molecule has 0 radical (unpaired) electrons. The molecule has 0 saturated carbocycles. The summed E-state index contributed by atoms with van der Waals surface area (Å²) in [7, 11) is 0. The lowest BCUT2D eigenvalue weighted by Crippen LogP contribution is -2.64. The molecule has 136 valence electrons. The average Bonchev–Trinajstić information content (AvgIpc) is 2.58. The molecule has 2 bridgehead atoms. The molecule has 2 aliphatic rings. The highest BCUT2D eigenvalue weighted by Crippen LogP contribution is 2.57. The van der Waals surface area contributed by atoms with E-state index in [1.807, 2.05) is 42.2 Å². The fourth-order valence-corrected chi connectivity index (χ4v) is 5.11. The third-order valence-corrected chi connectivity index (χ3v) is 7.15. The van der Waals surface area contributed by atoms with E-state index in [0.29, 0.717) is 12.2 Å². The van der Waals surface area contributed by atoms with Gasteiger partial charge in [-0.05, 0) is 54.5 Å². The second kappa shape index (κ2) is 5.60. The second-order valence-corrected chi connectivity index (χ2v) is 8.69. The molecule has 0 unspecified atom stereocenters. The number of rotatable bonds is 1. The highest BCUT2D eigenvalue weighted by atomic mass is 16.3. The van der Waals surface area contributed by atoms with Gasteiger partial charge in [-0.3, -0.25) is 4.79 Å². The van der Waals surface area contributed by atoms with E-state index < -0.39 is 0 Å².